The highest BCUT2D eigenvalue weighted by molar-refractivity contribution is 9.10. The Hall–Kier alpha value is -2.58. The van der Waals surface area contributed by atoms with E-state index in [4.69, 9.17) is 4.52 Å². The van der Waals surface area contributed by atoms with E-state index in [0.29, 0.717) is 24.0 Å². The molecule has 1 aromatic carbocycles. The number of piperidine rings is 1. The van der Waals surface area contributed by atoms with Gasteiger partial charge in [-0.05, 0) is 68.8 Å². The van der Waals surface area contributed by atoms with Gasteiger partial charge in [0.1, 0.15) is 5.69 Å². The van der Waals surface area contributed by atoms with E-state index < -0.39 is 0 Å². The van der Waals surface area contributed by atoms with Gasteiger partial charge in [0.15, 0.2) is 0 Å². The zero-order valence-corrected chi connectivity index (χ0v) is 17.7. The highest BCUT2D eigenvalue weighted by Crippen LogP contribution is 2.28. The molecule has 0 aliphatic carbocycles. The van der Waals surface area contributed by atoms with E-state index in [-0.39, 0.29) is 11.8 Å². The number of halogens is 1. The first-order valence-corrected chi connectivity index (χ1v) is 10.4. The highest BCUT2D eigenvalue weighted by Gasteiger charge is 2.26. The van der Waals surface area contributed by atoms with Gasteiger partial charge in [0.2, 0.25) is 17.6 Å². The molecule has 0 saturated carbocycles. The summed E-state index contributed by atoms with van der Waals surface area (Å²) in [6, 6.07) is 11.4. The van der Waals surface area contributed by atoms with E-state index in [1.165, 1.54) is 0 Å². The lowest BCUT2D eigenvalue weighted by atomic mass is 9.97. The third-order valence-electron chi connectivity index (χ3n) is 5.08. The average Bonchev–Trinajstić information content (AvgIpc) is 3.22. The van der Waals surface area contributed by atoms with Crippen LogP contribution in [0.15, 0.2) is 51.6 Å². The van der Waals surface area contributed by atoms with Gasteiger partial charge in [-0.1, -0.05) is 27.2 Å². The molecule has 7 nitrogen and oxygen atoms in total. The van der Waals surface area contributed by atoms with Crippen LogP contribution in [0, 0.1) is 6.92 Å². The van der Waals surface area contributed by atoms with Crippen LogP contribution in [0.1, 0.15) is 30.2 Å². The molecule has 2 aromatic heterocycles. The van der Waals surface area contributed by atoms with Crippen LogP contribution in [0.4, 0.5) is 5.69 Å². The summed E-state index contributed by atoms with van der Waals surface area (Å²) in [5.41, 5.74) is 2.62. The van der Waals surface area contributed by atoms with Crippen molar-refractivity contribution in [3.05, 3.63) is 58.5 Å². The van der Waals surface area contributed by atoms with Gasteiger partial charge in [-0.15, -0.1) is 0 Å². The Balaban J connectivity index is 1.29. The van der Waals surface area contributed by atoms with Crippen LogP contribution in [0.5, 0.6) is 0 Å². The van der Waals surface area contributed by atoms with E-state index in [0.717, 1.165) is 41.7 Å². The monoisotopic (exact) mass is 455 g/mol. The van der Waals surface area contributed by atoms with Gasteiger partial charge in [0.25, 0.3) is 0 Å². The van der Waals surface area contributed by atoms with Gasteiger partial charge < -0.3 is 9.84 Å². The van der Waals surface area contributed by atoms with Crippen molar-refractivity contribution in [2.24, 2.45) is 0 Å². The summed E-state index contributed by atoms with van der Waals surface area (Å²) in [6.07, 6.45) is 3.48. The SMILES string of the molecule is Cc1cc(NC(=O)CN2CCC(c3nc(-c4ccccn4)no3)CC2)ccc1Br. The standard InChI is InChI=1S/C21H22BrN5O2/c1-14-12-16(5-6-17(14)22)24-19(28)13-27-10-7-15(8-11-27)21-25-20(26-29-21)18-4-2-3-9-23-18/h2-6,9,12,15H,7-8,10-11,13H2,1H3,(H,24,28). The fourth-order valence-electron chi connectivity index (χ4n) is 3.46. The molecular formula is C21H22BrN5O2. The molecule has 1 aliphatic heterocycles. The largest absolute Gasteiger partial charge is 0.339 e. The predicted octanol–water partition coefficient (Wildman–Crippen LogP) is 4.02. The number of hydrogen-bond acceptors (Lipinski definition) is 6. The van der Waals surface area contributed by atoms with Gasteiger partial charge >= 0.3 is 0 Å². The fourth-order valence-corrected chi connectivity index (χ4v) is 3.71. The van der Waals surface area contributed by atoms with Gasteiger partial charge in [-0.3, -0.25) is 14.7 Å². The Morgan fingerprint density at radius 2 is 2.10 bits per heavy atom. The summed E-state index contributed by atoms with van der Waals surface area (Å²) in [4.78, 5) is 23.3. The number of rotatable bonds is 5. The second-order valence-electron chi connectivity index (χ2n) is 7.23. The summed E-state index contributed by atoms with van der Waals surface area (Å²) in [5.74, 6) is 1.39. The molecule has 1 saturated heterocycles. The molecule has 29 heavy (non-hydrogen) atoms. The molecule has 0 bridgehead atoms. The number of nitrogens with one attached hydrogen (secondary N) is 1. The number of benzene rings is 1. The molecule has 3 aromatic rings. The van der Waals surface area contributed by atoms with Crippen molar-refractivity contribution in [2.75, 3.05) is 25.0 Å². The minimum absolute atomic E-state index is 0.000371. The molecule has 8 heteroatoms. The number of pyridine rings is 1. The molecule has 0 spiro atoms. The van der Waals surface area contributed by atoms with E-state index in [2.05, 4.69) is 41.3 Å². The summed E-state index contributed by atoms with van der Waals surface area (Å²) >= 11 is 3.47. The van der Waals surface area contributed by atoms with E-state index >= 15 is 0 Å². The van der Waals surface area contributed by atoms with Crippen LogP contribution in [0.25, 0.3) is 11.5 Å². The molecule has 3 heterocycles. The lowest BCUT2D eigenvalue weighted by Crippen LogP contribution is -2.38. The number of aromatic nitrogens is 3. The number of nitrogens with zero attached hydrogens (tertiary/aromatic N) is 4. The molecule has 1 aliphatic rings. The number of amides is 1. The van der Waals surface area contributed by atoms with Crippen LogP contribution in [-0.4, -0.2) is 45.6 Å². The van der Waals surface area contributed by atoms with Crippen LogP contribution in [-0.2, 0) is 4.79 Å². The molecule has 1 amide bonds. The Morgan fingerprint density at radius 3 is 2.83 bits per heavy atom. The first-order chi connectivity index (χ1) is 14.1. The number of carbonyl (C=O) groups excluding carboxylic acids is 1. The third-order valence-corrected chi connectivity index (χ3v) is 5.97. The maximum atomic E-state index is 12.4. The van der Waals surface area contributed by atoms with Crippen molar-refractivity contribution in [3.63, 3.8) is 0 Å². The molecule has 1 fully saturated rings. The summed E-state index contributed by atoms with van der Waals surface area (Å²) in [5, 5.41) is 7.03. The van der Waals surface area contributed by atoms with Gasteiger partial charge in [0.05, 0.1) is 6.54 Å². The Kier molecular flexibility index (Phi) is 6.01. The van der Waals surface area contributed by atoms with E-state index in [9.17, 15) is 4.79 Å². The zero-order chi connectivity index (χ0) is 20.2. The topological polar surface area (TPSA) is 84.2 Å². The molecule has 1 N–H and O–H groups in total. The van der Waals surface area contributed by atoms with Crippen LogP contribution in [0.2, 0.25) is 0 Å². The van der Waals surface area contributed by atoms with Gasteiger partial charge in [-0.25, -0.2) is 0 Å². The fraction of sp³-hybridized carbons (Fsp3) is 0.333. The summed E-state index contributed by atoms with van der Waals surface area (Å²) < 4.78 is 6.50. The quantitative estimate of drug-likeness (QED) is 0.625. The summed E-state index contributed by atoms with van der Waals surface area (Å²) in [7, 11) is 0. The number of likely N-dealkylation sites (tertiary alicyclic amines) is 1. The van der Waals surface area contributed by atoms with Gasteiger partial charge in [0, 0.05) is 22.3 Å². The minimum Gasteiger partial charge on any atom is -0.339 e. The van der Waals surface area contributed by atoms with Crippen molar-refractivity contribution in [1.29, 1.82) is 0 Å². The Morgan fingerprint density at radius 1 is 1.28 bits per heavy atom. The smallest absolute Gasteiger partial charge is 0.238 e. The van der Waals surface area contributed by atoms with Crippen LogP contribution >= 0.6 is 15.9 Å². The van der Waals surface area contributed by atoms with Crippen molar-refractivity contribution in [1.82, 2.24) is 20.0 Å². The lowest BCUT2D eigenvalue weighted by Gasteiger charge is -2.29. The van der Waals surface area contributed by atoms with Crippen LogP contribution < -0.4 is 5.32 Å². The Bertz CT molecular complexity index is 984. The molecule has 0 atom stereocenters. The summed E-state index contributed by atoms with van der Waals surface area (Å²) in [6.45, 7) is 4.02. The van der Waals surface area contributed by atoms with Crippen LogP contribution in [0.3, 0.4) is 0 Å². The number of anilines is 1. The first-order valence-electron chi connectivity index (χ1n) is 9.62. The molecule has 150 valence electrons. The average molecular weight is 456 g/mol. The van der Waals surface area contributed by atoms with Crippen molar-refractivity contribution in [2.45, 2.75) is 25.7 Å². The molecule has 4 rings (SSSR count). The van der Waals surface area contributed by atoms with Crippen molar-refractivity contribution >= 4 is 27.5 Å². The number of aryl methyl sites for hydroxylation is 1. The maximum Gasteiger partial charge on any atom is 0.238 e. The van der Waals surface area contributed by atoms with Crippen molar-refractivity contribution in [3.8, 4) is 11.5 Å². The Labute approximate surface area is 177 Å². The minimum atomic E-state index is 0.000371. The predicted molar refractivity (Wildman–Crippen MR) is 113 cm³/mol. The zero-order valence-electron chi connectivity index (χ0n) is 16.1. The maximum absolute atomic E-state index is 12.4. The molecule has 0 radical (unpaired) electrons. The number of carbonyl (C=O) groups is 1. The third kappa shape index (κ3) is 4.89. The highest BCUT2D eigenvalue weighted by atomic mass is 79.9. The first kappa shape index (κ1) is 19.7. The van der Waals surface area contributed by atoms with E-state index in [1.807, 2.05) is 43.3 Å². The number of hydrogen-bond donors (Lipinski definition) is 1. The second-order valence-corrected chi connectivity index (χ2v) is 8.09. The van der Waals surface area contributed by atoms with Gasteiger partial charge in [-0.2, -0.15) is 4.98 Å². The second kappa shape index (κ2) is 8.84. The molecule has 0 unspecified atom stereocenters. The normalized spacial score (nSPS) is 15.4. The van der Waals surface area contributed by atoms with Crippen molar-refractivity contribution < 1.29 is 9.32 Å². The lowest BCUT2D eigenvalue weighted by molar-refractivity contribution is -0.117. The molecular weight excluding hydrogens is 434 g/mol. The van der Waals surface area contributed by atoms with E-state index in [1.54, 1.807) is 6.20 Å².